The highest BCUT2D eigenvalue weighted by atomic mass is 16.7. The summed E-state index contributed by atoms with van der Waals surface area (Å²) in [6, 6.07) is -1.04. The maximum atomic E-state index is 13.4. The summed E-state index contributed by atoms with van der Waals surface area (Å²) in [7, 11) is 0. The summed E-state index contributed by atoms with van der Waals surface area (Å²) >= 11 is 0. The van der Waals surface area contributed by atoms with E-state index in [1.807, 2.05) is 6.08 Å². The largest absolute Gasteiger partial charge is 0.454 e. The van der Waals surface area contributed by atoms with Gasteiger partial charge in [0.2, 0.25) is 5.91 Å². The standard InChI is InChI=1S/C63H107NO10/c1-4-7-10-13-16-19-22-24-25-26-27-28-29-30-31-33-36-39-42-45-48-51-58(68)74-61-60(70)59(69)57(52-65)73-63(61)72-53-54(55(66)49-46-43-40-37-34-21-18-15-12-9-6-3)64-62(71)56(67)50-47-44-41-38-35-32-23-20-17-14-11-8-5-2/h8,11,16-17,19-20,24-25,27-28,30-32,35,46,49,54-57,59-61,63,65-67,69-70H,4-7,9-10,12-15,18,21-23,26,29,33-34,36-45,47-48,50-53H2,1-3H3,(H,64,71)/b11-8+,19-16-,20-17+,25-24-,28-27-,31-30-,35-32+,49-46+. The van der Waals surface area contributed by atoms with E-state index in [0.29, 0.717) is 12.8 Å². The van der Waals surface area contributed by atoms with E-state index in [4.69, 9.17) is 14.2 Å². The molecule has 0 aliphatic carbocycles. The average Bonchev–Trinajstić information content (AvgIpc) is 3.40. The first-order chi connectivity index (χ1) is 36.2. The van der Waals surface area contributed by atoms with E-state index in [1.54, 1.807) is 6.08 Å². The number of hydrogen-bond acceptors (Lipinski definition) is 10. The number of ether oxygens (including phenoxy) is 3. The third kappa shape index (κ3) is 38.2. The van der Waals surface area contributed by atoms with Crippen molar-refractivity contribution in [2.75, 3.05) is 13.2 Å². The van der Waals surface area contributed by atoms with Gasteiger partial charge in [-0.3, -0.25) is 9.59 Å². The van der Waals surface area contributed by atoms with Gasteiger partial charge in [-0.05, 0) is 103 Å². The Bertz CT molecular complexity index is 1570. The van der Waals surface area contributed by atoms with Gasteiger partial charge >= 0.3 is 5.97 Å². The van der Waals surface area contributed by atoms with Crippen LogP contribution in [0.2, 0.25) is 0 Å². The van der Waals surface area contributed by atoms with E-state index in [-0.39, 0.29) is 19.4 Å². The molecule has 1 rings (SSSR count). The molecule has 11 heteroatoms. The maximum absolute atomic E-state index is 13.4. The molecule has 11 nitrogen and oxygen atoms in total. The van der Waals surface area contributed by atoms with Gasteiger partial charge in [-0.25, -0.2) is 0 Å². The first-order valence-electron chi connectivity index (χ1n) is 29.5. The number of carbonyl (C=O) groups excluding carboxylic acids is 2. The van der Waals surface area contributed by atoms with Gasteiger partial charge in [0.15, 0.2) is 12.4 Å². The lowest BCUT2D eigenvalue weighted by atomic mass is 9.99. The van der Waals surface area contributed by atoms with Crippen LogP contribution in [0.25, 0.3) is 0 Å². The van der Waals surface area contributed by atoms with Crippen molar-refractivity contribution in [3.05, 3.63) is 97.2 Å². The van der Waals surface area contributed by atoms with Gasteiger partial charge < -0.3 is 45.1 Å². The fraction of sp³-hybridized carbons (Fsp3) is 0.714. The molecule has 8 atom stereocenters. The van der Waals surface area contributed by atoms with Gasteiger partial charge in [0, 0.05) is 6.42 Å². The highest BCUT2D eigenvalue weighted by Crippen LogP contribution is 2.26. The number of nitrogens with one attached hydrogen (secondary N) is 1. The van der Waals surface area contributed by atoms with Crippen LogP contribution in [0.1, 0.15) is 226 Å². The van der Waals surface area contributed by atoms with E-state index >= 15 is 0 Å². The van der Waals surface area contributed by atoms with Gasteiger partial charge in [0.25, 0.3) is 0 Å². The third-order valence-electron chi connectivity index (χ3n) is 13.2. The van der Waals surface area contributed by atoms with E-state index < -0.39 is 67.4 Å². The van der Waals surface area contributed by atoms with Crippen molar-refractivity contribution in [3.63, 3.8) is 0 Å². The Morgan fingerprint density at radius 2 is 0.973 bits per heavy atom. The van der Waals surface area contributed by atoms with Crippen LogP contribution in [0.4, 0.5) is 0 Å². The second-order valence-corrected chi connectivity index (χ2v) is 20.0. The van der Waals surface area contributed by atoms with Crippen LogP contribution in [-0.4, -0.2) is 99.6 Å². The fourth-order valence-electron chi connectivity index (χ4n) is 8.53. The molecule has 1 heterocycles. The van der Waals surface area contributed by atoms with Crippen molar-refractivity contribution >= 4 is 11.9 Å². The minimum atomic E-state index is -1.63. The van der Waals surface area contributed by atoms with Crippen molar-refractivity contribution in [1.29, 1.82) is 0 Å². The molecule has 1 saturated heterocycles. The molecule has 74 heavy (non-hydrogen) atoms. The van der Waals surface area contributed by atoms with Gasteiger partial charge in [-0.2, -0.15) is 0 Å². The SMILES string of the molecule is CC/C=C/C/C=C/C/C=C/CCCCCC(O)C(=O)NC(COC1OC(CO)C(O)C(O)C1OC(=O)CCCCCCC/C=C\C/C=C\C/C=C\C/C=C\CCCCC)C(O)/C=C/CCCCCCCCCCC. The Hall–Kier alpha value is -3.42. The zero-order valence-corrected chi connectivity index (χ0v) is 46.7. The van der Waals surface area contributed by atoms with Crippen LogP contribution in [0.15, 0.2) is 97.2 Å². The summed E-state index contributed by atoms with van der Waals surface area (Å²) in [5.41, 5.74) is 0. The van der Waals surface area contributed by atoms with Gasteiger partial charge in [0.05, 0.1) is 25.4 Å². The molecular weight excluding hydrogens is 931 g/mol. The Morgan fingerprint density at radius 1 is 0.541 bits per heavy atom. The van der Waals surface area contributed by atoms with Crippen molar-refractivity contribution in [1.82, 2.24) is 5.32 Å². The van der Waals surface area contributed by atoms with Crippen LogP contribution < -0.4 is 5.32 Å². The fourth-order valence-corrected chi connectivity index (χ4v) is 8.53. The number of rotatable bonds is 48. The first-order valence-corrected chi connectivity index (χ1v) is 29.5. The Balaban J connectivity index is 2.71. The number of esters is 1. The molecule has 0 aromatic carbocycles. The first kappa shape index (κ1) is 68.6. The van der Waals surface area contributed by atoms with Crippen molar-refractivity contribution < 1.29 is 49.3 Å². The molecule has 1 aliphatic rings. The highest BCUT2D eigenvalue weighted by Gasteiger charge is 2.47. The molecular formula is C63H107NO10. The number of amides is 1. The number of aliphatic hydroxyl groups is 5. The number of hydrogen-bond donors (Lipinski definition) is 6. The quantitative estimate of drug-likeness (QED) is 0.0195. The minimum absolute atomic E-state index is 0.0946. The third-order valence-corrected chi connectivity index (χ3v) is 13.2. The topological polar surface area (TPSA) is 175 Å². The van der Waals surface area contributed by atoms with Crippen LogP contribution >= 0.6 is 0 Å². The lowest BCUT2D eigenvalue weighted by molar-refractivity contribution is -0.305. The minimum Gasteiger partial charge on any atom is -0.454 e. The van der Waals surface area contributed by atoms with Crippen LogP contribution in [0.3, 0.4) is 0 Å². The van der Waals surface area contributed by atoms with Crippen molar-refractivity contribution in [3.8, 4) is 0 Å². The summed E-state index contributed by atoms with van der Waals surface area (Å²) < 4.78 is 17.6. The van der Waals surface area contributed by atoms with E-state index in [0.717, 1.165) is 116 Å². The molecule has 0 bridgehead atoms. The summed E-state index contributed by atoms with van der Waals surface area (Å²) in [6.45, 7) is 5.59. The van der Waals surface area contributed by atoms with Crippen molar-refractivity contribution in [2.45, 2.75) is 275 Å². The summed E-state index contributed by atoms with van der Waals surface area (Å²) in [5.74, 6) is -1.24. The molecule has 0 spiro atoms. The van der Waals surface area contributed by atoms with Crippen LogP contribution in [-0.2, 0) is 23.8 Å². The molecule has 6 N–H and O–H groups in total. The van der Waals surface area contributed by atoms with E-state index in [1.165, 1.54) is 64.2 Å². The average molecular weight is 1040 g/mol. The van der Waals surface area contributed by atoms with Crippen LogP contribution in [0, 0.1) is 0 Å². The summed E-state index contributed by atoms with van der Waals surface area (Å²) in [5, 5.41) is 56.8. The van der Waals surface area contributed by atoms with E-state index in [2.05, 4.69) is 111 Å². The zero-order chi connectivity index (χ0) is 54.0. The number of unbranched alkanes of at least 4 members (excludes halogenated alkanes) is 20. The zero-order valence-electron chi connectivity index (χ0n) is 46.7. The molecule has 0 aromatic heterocycles. The number of aliphatic hydroxyl groups excluding tert-OH is 5. The van der Waals surface area contributed by atoms with E-state index in [9.17, 15) is 35.1 Å². The molecule has 424 valence electrons. The van der Waals surface area contributed by atoms with Gasteiger partial charge in [-0.15, -0.1) is 0 Å². The molecule has 1 aliphatic heterocycles. The molecule has 0 saturated carbocycles. The Kier molecular flexibility index (Phi) is 46.7. The summed E-state index contributed by atoms with van der Waals surface area (Å²) in [6.07, 6.45) is 55.9. The maximum Gasteiger partial charge on any atom is 0.306 e. The number of allylic oxidation sites excluding steroid dienone is 15. The van der Waals surface area contributed by atoms with Crippen LogP contribution in [0.5, 0.6) is 0 Å². The molecule has 0 radical (unpaired) electrons. The van der Waals surface area contributed by atoms with Gasteiger partial charge in [0.1, 0.15) is 24.4 Å². The second-order valence-electron chi connectivity index (χ2n) is 20.0. The predicted octanol–water partition coefficient (Wildman–Crippen LogP) is 13.6. The van der Waals surface area contributed by atoms with Crippen molar-refractivity contribution in [2.24, 2.45) is 0 Å². The number of carbonyl (C=O) groups is 2. The monoisotopic (exact) mass is 1040 g/mol. The second kappa shape index (κ2) is 50.4. The Morgan fingerprint density at radius 3 is 1.49 bits per heavy atom. The molecule has 1 amide bonds. The lowest BCUT2D eigenvalue weighted by Gasteiger charge is -2.41. The normalized spacial score (nSPS) is 20.0. The van der Waals surface area contributed by atoms with Gasteiger partial charge in [-0.1, -0.05) is 214 Å². The highest BCUT2D eigenvalue weighted by molar-refractivity contribution is 5.80. The molecule has 8 unspecified atom stereocenters. The lowest BCUT2D eigenvalue weighted by Crippen LogP contribution is -2.61. The molecule has 1 fully saturated rings. The Labute approximate surface area is 450 Å². The summed E-state index contributed by atoms with van der Waals surface area (Å²) in [4.78, 5) is 26.5. The predicted molar refractivity (Wildman–Crippen MR) is 305 cm³/mol. The molecule has 0 aromatic rings. The smallest absolute Gasteiger partial charge is 0.306 e.